The zero-order chi connectivity index (χ0) is 19.0. The van der Waals surface area contributed by atoms with E-state index in [1.807, 2.05) is 31.2 Å². The fourth-order valence-electron chi connectivity index (χ4n) is 2.23. The highest BCUT2D eigenvalue weighted by molar-refractivity contribution is 5.79. The first-order chi connectivity index (χ1) is 12.4. The first-order valence-electron chi connectivity index (χ1n) is 8.01. The summed E-state index contributed by atoms with van der Waals surface area (Å²) in [4.78, 5) is 7.98. The Morgan fingerprint density at radius 1 is 1.08 bits per heavy atom. The normalized spacial score (nSPS) is 12.0. The van der Waals surface area contributed by atoms with Gasteiger partial charge in [0.25, 0.3) is 0 Å². The molecule has 26 heavy (non-hydrogen) atoms. The van der Waals surface area contributed by atoms with Gasteiger partial charge in [0, 0.05) is 31.9 Å². The molecule has 0 aliphatic rings. The van der Waals surface area contributed by atoms with Gasteiger partial charge in [-0.05, 0) is 24.1 Å². The van der Waals surface area contributed by atoms with Gasteiger partial charge in [-0.25, -0.2) is 4.98 Å². The molecule has 0 radical (unpaired) electrons. The Kier molecular flexibility index (Phi) is 6.82. The average molecular weight is 366 g/mol. The SMILES string of the molecule is CN=C(NCc1ccccc1C)NCc1cccnc1OCC(F)(F)F. The fourth-order valence-corrected chi connectivity index (χ4v) is 2.23. The molecule has 2 aromatic rings. The second-order valence-electron chi connectivity index (χ2n) is 5.58. The van der Waals surface area contributed by atoms with Crippen molar-refractivity contribution in [3.63, 3.8) is 0 Å². The van der Waals surface area contributed by atoms with Crippen LogP contribution in [0.1, 0.15) is 16.7 Å². The van der Waals surface area contributed by atoms with Gasteiger partial charge in [-0.15, -0.1) is 0 Å². The standard InChI is InChI=1S/C18H21F3N4O/c1-13-6-3-4-7-14(13)10-24-17(22-2)25-11-15-8-5-9-23-16(15)26-12-18(19,20)21/h3-9H,10-12H2,1-2H3,(H2,22,24,25). The molecule has 0 aliphatic heterocycles. The van der Waals surface area contributed by atoms with Crippen LogP contribution < -0.4 is 15.4 Å². The Hall–Kier alpha value is -2.77. The van der Waals surface area contributed by atoms with Crippen LogP contribution in [0.3, 0.4) is 0 Å². The minimum Gasteiger partial charge on any atom is -0.468 e. The van der Waals surface area contributed by atoms with Crippen LogP contribution in [0.25, 0.3) is 0 Å². The van der Waals surface area contributed by atoms with Gasteiger partial charge >= 0.3 is 6.18 Å². The lowest BCUT2D eigenvalue weighted by Gasteiger charge is -2.15. The molecule has 0 bridgehead atoms. The summed E-state index contributed by atoms with van der Waals surface area (Å²) in [7, 11) is 1.62. The van der Waals surface area contributed by atoms with Crippen LogP contribution >= 0.6 is 0 Å². The van der Waals surface area contributed by atoms with Gasteiger partial charge < -0.3 is 15.4 Å². The second kappa shape index (κ2) is 9.07. The van der Waals surface area contributed by atoms with Crippen LogP contribution in [-0.4, -0.2) is 30.8 Å². The number of pyridine rings is 1. The van der Waals surface area contributed by atoms with Crippen LogP contribution in [0, 0.1) is 6.92 Å². The summed E-state index contributed by atoms with van der Waals surface area (Å²) in [6, 6.07) is 11.3. The van der Waals surface area contributed by atoms with E-state index in [-0.39, 0.29) is 12.4 Å². The predicted molar refractivity (Wildman–Crippen MR) is 94.0 cm³/mol. The van der Waals surface area contributed by atoms with Gasteiger partial charge in [0.05, 0.1) is 0 Å². The van der Waals surface area contributed by atoms with Crippen LogP contribution in [-0.2, 0) is 13.1 Å². The van der Waals surface area contributed by atoms with E-state index in [1.54, 1.807) is 19.2 Å². The molecule has 0 atom stereocenters. The number of nitrogens with zero attached hydrogens (tertiary/aromatic N) is 2. The van der Waals surface area contributed by atoms with Crippen molar-refractivity contribution in [3.05, 3.63) is 59.3 Å². The predicted octanol–water partition coefficient (Wildman–Crippen LogP) is 3.20. The van der Waals surface area contributed by atoms with Crippen LogP contribution in [0.15, 0.2) is 47.6 Å². The van der Waals surface area contributed by atoms with Gasteiger partial charge in [0.1, 0.15) is 0 Å². The van der Waals surface area contributed by atoms with Crippen molar-refractivity contribution in [1.82, 2.24) is 15.6 Å². The Morgan fingerprint density at radius 3 is 2.38 bits per heavy atom. The molecule has 140 valence electrons. The summed E-state index contributed by atoms with van der Waals surface area (Å²) in [5.74, 6) is 0.477. The molecule has 1 heterocycles. The average Bonchev–Trinajstić information content (AvgIpc) is 2.61. The molecule has 1 aromatic heterocycles. The lowest BCUT2D eigenvalue weighted by Crippen LogP contribution is -2.36. The number of guanidine groups is 1. The molecule has 5 nitrogen and oxygen atoms in total. The molecule has 0 amide bonds. The zero-order valence-electron chi connectivity index (χ0n) is 14.6. The highest BCUT2D eigenvalue weighted by Gasteiger charge is 2.29. The minimum atomic E-state index is -4.41. The Morgan fingerprint density at radius 2 is 1.73 bits per heavy atom. The van der Waals surface area contributed by atoms with E-state index in [0.717, 1.165) is 11.1 Å². The summed E-state index contributed by atoms with van der Waals surface area (Å²) in [6.45, 7) is 1.45. The Bertz CT molecular complexity index is 747. The lowest BCUT2D eigenvalue weighted by atomic mass is 10.1. The lowest BCUT2D eigenvalue weighted by molar-refractivity contribution is -0.154. The van der Waals surface area contributed by atoms with Crippen molar-refractivity contribution >= 4 is 5.96 Å². The number of alkyl halides is 3. The molecule has 8 heteroatoms. The molecule has 0 aliphatic carbocycles. The highest BCUT2D eigenvalue weighted by atomic mass is 19.4. The van der Waals surface area contributed by atoms with Gasteiger partial charge in [-0.3, -0.25) is 4.99 Å². The third-order valence-corrected chi connectivity index (χ3v) is 3.60. The summed E-state index contributed by atoms with van der Waals surface area (Å²) in [5, 5.41) is 6.22. The number of halogens is 3. The van der Waals surface area contributed by atoms with E-state index in [2.05, 4.69) is 20.6 Å². The zero-order valence-corrected chi connectivity index (χ0v) is 14.6. The molecule has 2 N–H and O–H groups in total. The number of nitrogens with one attached hydrogen (secondary N) is 2. The monoisotopic (exact) mass is 366 g/mol. The van der Waals surface area contributed by atoms with Crippen molar-refractivity contribution in [2.24, 2.45) is 4.99 Å². The van der Waals surface area contributed by atoms with E-state index in [1.165, 1.54) is 6.20 Å². The molecule has 0 fully saturated rings. The van der Waals surface area contributed by atoms with Crippen molar-refractivity contribution < 1.29 is 17.9 Å². The summed E-state index contributed by atoms with van der Waals surface area (Å²) in [5.41, 5.74) is 2.80. The number of aryl methyl sites for hydroxylation is 1. The van der Waals surface area contributed by atoms with E-state index in [0.29, 0.717) is 18.1 Å². The largest absolute Gasteiger partial charge is 0.468 e. The first kappa shape index (κ1) is 19.6. The third kappa shape index (κ3) is 6.27. The molecule has 0 saturated heterocycles. The van der Waals surface area contributed by atoms with Gasteiger partial charge in [-0.1, -0.05) is 30.3 Å². The molecular formula is C18H21F3N4O. The van der Waals surface area contributed by atoms with Gasteiger partial charge in [0.2, 0.25) is 5.88 Å². The number of ether oxygens (including phenoxy) is 1. The van der Waals surface area contributed by atoms with E-state index >= 15 is 0 Å². The van der Waals surface area contributed by atoms with E-state index < -0.39 is 12.8 Å². The topological polar surface area (TPSA) is 58.5 Å². The second-order valence-corrected chi connectivity index (χ2v) is 5.58. The number of hydrogen-bond acceptors (Lipinski definition) is 3. The quantitative estimate of drug-likeness (QED) is 0.609. The highest BCUT2D eigenvalue weighted by Crippen LogP contribution is 2.19. The van der Waals surface area contributed by atoms with Gasteiger partial charge in [0.15, 0.2) is 12.6 Å². The third-order valence-electron chi connectivity index (χ3n) is 3.60. The molecule has 0 spiro atoms. The summed E-state index contributed by atoms with van der Waals surface area (Å²) < 4.78 is 41.8. The number of rotatable bonds is 6. The number of benzene rings is 1. The molecule has 0 unspecified atom stereocenters. The first-order valence-corrected chi connectivity index (χ1v) is 8.01. The number of aliphatic imine (C=N–C) groups is 1. The Balaban J connectivity index is 1.93. The molecule has 0 saturated carbocycles. The fraction of sp³-hybridized carbons (Fsp3) is 0.333. The van der Waals surface area contributed by atoms with Crippen molar-refractivity contribution in [3.8, 4) is 5.88 Å². The number of aromatic nitrogens is 1. The Labute approximate surface area is 150 Å². The van der Waals surface area contributed by atoms with Crippen LogP contribution in [0.2, 0.25) is 0 Å². The number of hydrogen-bond donors (Lipinski definition) is 2. The summed E-state index contributed by atoms with van der Waals surface area (Å²) in [6.07, 6.45) is -3.02. The van der Waals surface area contributed by atoms with Crippen LogP contribution in [0.5, 0.6) is 5.88 Å². The van der Waals surface area contributed by atoms with Crippen LogP contribution in [0.4, 0.5) is 13.2 Å². The van der Waals surface area contributed by atoms with Crippen molar-refractivity contribution in [1.29, 1.82) is 0 Å². The van der Waals surface area contributed by atoms with Crippen molar-refractivity contribution in [2.45, 2.75) is 26.2 Å². The maximum absolute atomic E-state index is 12.3. The molecular weight excluding hydrogens is 345 g/mol. The summed E-state index contributed by atoms with van der Waals surface area (Å²) >= 11 is 0. The molecule has 1 aromatic carbocycles. The maximum atomic E-state index is 12.3. The minimum absolute atomic E-state index is 0.0494. The maximum Gasteiger partial charge on any atom is 0.422 e. The van der Waals surface area contributed by atoms with Crippen molar-refractivity contribution in [2.75, 3.05) is 13.7 Å². The molecule has 2 rings (SSSR count). The van der Waals surface area contributed by atoms with E-state index in [9.17, 15) is 13.2 Å². The van der Waals surface area contributed by atoms with E-state index in [4.69, 9.17) is 4.74 Å². The smallest absolute Gasteiger partial charge is 0.422 e. The van der Waals surface area contributed by atoms with Gasteiger partial charge in [-0.2, -0.15) is 13.2 Å².